The predicted molar refractivity (Wildman–Crippen MR) is 113 cm³/mol. The second kappa shape index (κ2) is 7.95. The number of nitro groups is 1. The van der Waals surface area contributed by atoms with E-state index in [0.717, 1.165) is 0 Å². The van der Waals surface area contributed by atoms with Crippen molar-refractivity contribution in [3.05, 3.63) is 92.5 Å². The van der Waals surface area contributed by atoms with Gasteiger partial charge in [-0.15, -0.1) is 0 Å². The number of nitrogens with zero attached hydrogens (tertiary/aromatic N) is 1. The Kier molecular flexibility index (Phi) is 5.15. The number of fused-ring (bicyclic) bond motifs is 2. The summed E-state index contributed by atoms with van der Waals surface area (Å²) in [4.78, 5) is 48.7. The number of benzene rings is 3. The van der Waals surface area contributed by atoms with E-state index >= 15 is 0 Å². The van der Waals surface area contributed by atoms with Crippen LogP contribution in [0, 0.1) is 10.1 Å². The summed E-state index contributed by atoms with van der Waals surface area (Å²) >= 11 is 0. The van der Waals surface area contributed by atoms with Crippen LogP contribution in [0.15, 0.2) is 54.6 Å². The molecule has 1 N–H and O–H groups in total. The Morgan fingerprint density at radius 3 is 2.12 bits per heavy atom. The quantitative estimate of drug-likeness (QED) is 0.379. The lowest BCUT2D eigenvalue weighted by molar-refractivity contribution is -0.527. The molecule has 0 atom stereocenters. The van der Waals surface area contributed by atoms with Crippen LogP contribution in [-0.4, -0.2) is 36.7 Å². The monoisotopic (exact) mass is 432 g/mol. The van der Waals surface area contributed by atoms with Crippen LogP contribution in [0.5, 0.6) is 11.5 Å². The molecule has 0 fully saturated rings. The first kappa shape index (κ1) is 20.7. The van der Waals surface area contributed by atoms with Gasteiger partial charge in [0.1, 0.15) is 11.5 Å². The minimum atomic E-state index is -0.931. The van der Waals surface area contributed by atoms with Crippen LogP contribution in [0.3, 0.4) is 0 Å². The topological polar surface area (TPSA) is 125 Å². The van der Waals surface area contributed by atoms with Crippen molar-refractivity contribution in [3.8, 4) is 22.6 Å². The molecule has 0 aromatic heterocycles. The Bertz CT molecular complexity index is 1300. The zero-order valence-corrected chi connectivity index (χ0v) is 17.0. The van der Waals surface area contributed by atoms with Crippen molar-refractivity contribution >= 4 is 17.5 Å². The van der Waals surface area contributed by atoms with Gasteiger partial charge in [-0.1, -0.05) is 29.7 Å². The summed E-state index contributed by atoms with van der Waals surface area (Å²) in [6.07, 6.45) is 0. The van der Waals surface area contributed by atoms with Crippen molar-refractivity contribution in [3.63, 3.8) is 0 Å². The van der Waals surface area contributed by atoms with Crippen LogP contribution in [0.2, 0.25) is 0 Å². The number of carbonyl (C=O) groups excluding carboxylic acids is 3. The van der Waals surface area contributed by atoms with Crippen LogP contribution in [0.1, 0.15) is 42.2 Å². The maximum Gasteiger partial charge on any atom is 0.310 e. The highest BCUT2D eigenvalue weighted by Gasteiger charge is 2.35. The van der Waals surface area contributed by atoms with Gasteiger partial charge in [0.05, 0.1) is 25.3 Å². The number of carbonyl (C=O) groups is 3. The Morgan fingerprint density at radius 2 is 1.50 bits per heavy atom. The lowest BCUT2D eigenvalue weighted by atomic mass is 9.81. The lowest BCUT2D eigenvalue weighted by Crippen LogP contribution is -2.29. The van der Waals surface area contributed by atoms with Crippen LogP contribution in [0.4, 0.5) is 0 Å². The third kappa shape index (κ3) is 3.35. The first-order valence-corrected chi connectivity index (χ1v) is 9.40. The molecule has 9 nitrogen and oxygen atoms in total. The smallest absolute Gasteiger partial charge is 0.310 e. The first-order chi connectivity index (χ1) is 15.3. The van der Waals surface area contributed by atoms with E-state index < -0.39 is 10.9 Å². The van der Waals surface area contributed by atoms with E-state index in [1.807, 2.05) is 0 Å². The molecule has 0 radical (unpaired) electrons. The molecule has 0 unspecified atom stereocenters. The van der Waals surface area contributed by atoms with Crippen molar-refractivity contribution < 1.29 is 28.9 Å². The fourth-order valence-corrected chi connectivity index (χ4v) is 3.71. The Morgan fingerprint density at radius 1 is 0.844 bits per heavy atom. The van der Waals surface area contributed by atoms with Crippen LogP contribution >= 0.6 is 0 Å². The summed E-state index contributed by atoms with van der Waals surface area (Å²) in [5.74, 6) is -1.03. The van der Waals surface area contributed by atoms with E-state index in [2.05, 4.69) is 0 Å². The fourth-order valence-electron chi connectivity index (χ4n) is 3.71. The maximum atomic E-state index is 13.3. The minimum absolute atomic E-state index is 0.0997. The van der Waals surface area contributed by atoms with Crippen LogP contribution in [-0.2, 0) is 0 Å². The SMILES string of the molecule is COc1cccc2c1C(=O)c1c(OC)cc(-c3ccc(C(=O)N[N+](=O)[O-])cc3)cc1C2=O. The number of ether oxygens (including phenoxy) is 2. The molecule has 9 heteroatoms. The Hall–Kier alpha value is -4.53. The first-order valence-electron chi connectivity index (χ1n) is 9.40. The maximum absolute atomic E-state index is 13.3. The van der Waals surface area contributed by atoms with E-state index in [1.54, 1.807) is 47.9 Å². The largest absolute Gasteiger partial charge is 0.496 e. The van der Waals surface area contributed by atoms with Crippen LogP contribution < -0.4 is 14.9 Å². The summed E-state index contributed by atoms with van der Waals surface area (Å²) in [6, 6.07) is 14.1. The molecular formula is C23H16N2O7. The summed E-state index contributed by atoms with van der Waals surface area (Å²) in [5.41, 5.74) is 3.67. The number of hydrazine groups is 1. The van der Waals surface area contributed by atoms with E-state index in [9.17, 15) is 24.5 Å². The standard InChI is InChI=1S/C23H16N2O7/c1-31-17-5-3-4-15-19(17)22(27)20-16(21(15)26)10-14(11-18(20)32-2)12-6-8-13(9-7-12)23(28)24-25(29)30/h3-11H,1-2H3,(H,24,28). The van der Waals surface area contributed by atoms with Crippen molar-refractivity contribution in [2.75, 3.05) is 14.2 Å². The summed E-state index contributed by atoms with van der Waals surface area (Å²) < 4.78 is 10.7. The molecule has 1 amide bonds. The van der Waals surface area contributed by atoms with Crippen molar-refractivity contribution in [1.29, 1.82) is 0 Å². The predicted octanol–water partition coefficient (Wildman–Crippen LogP) is 3.07. The summed E-state index contributed by atoms with van der Waals surface area (Å²) in [6.45, 7) is 0. The molecule has 3 aromatic rings. The highest BCUT2D eigenvalue weighted by Crippen LogP contribution is 2.39. The average molecular weight is 432 g/mol. The third-order valence-electron chi connectivity index (χ3n) is 5.18. The normalized spacial score (nSPS) is 11.9. The van der Waals surface area contributed by atoms with Gasteiger partial charge in [-0.3, -0.25) is 14.4 Å². The fraction of sp³-hybridized carbons (Fsp3) is 0.0870. The number of rotatable bonds is 5. The molecule has 1 aliphatic rings. The van der Waals surface area contributed by atoms with E-state index in [4.69, 9.17) is 9.47 Å². The lowest BCUT2D eigenvalue weighted by Gasteiger charge is -2.22. The molecule has 0 saturated heterocycles. The minimum Gasteiger partial charge on any atom is -0.496 e. The molecule has 3 aromatic carbocycles. The molecule has 32 heavy (non-hydrogen) atoms. The van der Waals surface area contributed by atoms with Crippen molar-refractivity contribution in [2.45, 2.75) is 0 Å². The van der Waals surface area contributed by atoms with E-state index in [0.29, 0.717) is 16.9 Å². The van der Waals surface area contributed by atoms with Gasteiger partial charge >= 0.3 is 5.91 Å². The molecule has 0 spiro atoms. The molecule has 0 aliphatic heterocycles. The van der Waals surface area contributed by atoms with Crippen molar-refractivity contribution in [1.82, 2.24) is 5.43 Å². The van der Waals surface area contributed by atoms with Gasteiger partial charge in [0, 0.05) is 16.7 Å². The highest BCUT2D eigenvalue weighted by atomic mass is 16.7. The van der Waals surface area contributed by atoms with Gasteiger partial charge in [0.2, 0.25) is 5.78 Å². The number of hydrogen-bond donors (Lipinski definition) is 1. The highest BCUT2D eigenvalue weighted by molar-refractivity contribution is 6.30. The van der Waals surface area contributed by atoms with Gasteiger partial charge in [0.15, 0.2) is 10.8 Å². The second-order valence-electron chi connectivity index (χ2n) is 6.92. The molecule has 160 valence electrons. The van der Waals surface area contributed by atoms with Gasteiger partial charge in [-0.2, -0.15) is 0 Å². The summed E-state index contributed by atoms with van der Waals surface area (Å²) in [5, 5.41) is 9.53. The average Bonchev–Trinajstić information content (AvgIpc) is 2.80. The number of amides is 1. The molecular weight excluding hydrogens is 416 g/mol. The zero-order valence-electron chi connectivity index (χ0n) is 17.0. The summed E-state index contributed by atoms with van der Waals surface area (Å²) in [7, 11) is 2.83. The van der Waals surface area contributed by atoms with Crippen LogP contribution in [0.25, 0.3) is 11.1 Å². The van der Waals surface area contributed by atoms with E-state index in [-0.39, 0.29) is 45.1 Å². The number of ketones is 2. The van der Waals surface area contributed by atoms with Gasteiger partial charge < -0.3 is 9.47 Å². The second-order valence-corrected chi connectivity index (χ2v) is 6.92. The van der Waals surface area contributed by atoms with E-state index in [1.165, 1.54) is 26.4 Å². The van der Waals surface area contributed by atoms with Gasteiger partial charge in [-0.25, -0.2) is 10.1 Å². The Balaban J connectivity index is 1.81. The molecule has 0 bridgehead atoms. The molecule has 0 saturated carbocycles. The number of hydrogen-bond acceptors (Lipinski definition) is 7. The van der Waals surface area contributed by atoms with Crippen molar-refractivity contribution in [2.24, 2.45) is 0 Å². The molecule has 1 aliphatic carbocycles. The van der Waals surface area contributed by atoms with Gasteiger partial charge in [-0.05, 0) is 41.5 Å². The number of methoxy groups -OCH3 is 2. The van der Waals surface area contributed by atoms with Gasteiger partial charge in [0.25, 0.3) is 0 Å². The zero-order chi connectivity index (χ0) is 23.0. The molecule has 0 heterocycles. The Labute approximate surface area is 181 Å². The molecule has 4 rings (SSSR count). The third-order valence-corrected chi connectivity index (χ3v) is 5.18. The number of nitrogens with one attached hydrogen (secondary N) is 1.